The Bertz CT molecular complexity index is 2450. The summed E-state index contributed by atoms with van der Waals surface area (Å²) in [5.74, 6) is 0.408. The molecule has 0 saturated heterocycles. The van der Waals surface area contributed by atoms with E-state index >= 15 is 0 Å². The molecule has 1 aliphatic heterocycles. The summed E-state index contributed by atoms with van der Waals surface area (Å²) < 4.78 is 0. The largest absolute Gasteiger partial charge is 0.139 e. The number of hydrogen-bond donors (Lipinski definition) is 0. The lowest BCUT2D eigenvalue weighted by Gasteiger charge is -2.31. The van der Waals surface area contributed by atoms with E-state index in [1.54, 1.807) is 16.5 Å². The van der Waals surface area contributed by atoms with Crippen LogP contribution in [-0.2, 0) is 10.8 Å². The lowest BCUT2D eigenvalue weighted by Crippen LogP contribution is -2.25. The van der Waals surface area contributed by atoms with Gasteiger partial charge in [-0.2, -0.15) is 0 Å². The van der Waals surface area contributed by atoms with Gasteiger partial charge >= 0.3 is 0 Å². The molecule has 0 bridgehead atoms. The van der Waals surface area contributed by atoms with E-state index in [2.05, 4.69) is 171 Å². The van der Waals surface area contributed by atoms with Crippen LogP contribution in [0.15, 0.2) is 139 Å². The molecule has 5 aromatic rings. The van der Waals surface area contributed by atoms with Crippen LogP contribution in [0.2, 0.25) is 0 Å². The number of rotatable bonds is 3. The van der Waals surface area contributed by atoms with E-state index in [0.717, 1.165) is 12.8 Å². The second-order valence-corrected chi connectivity index (χ2v) is 19.0. The third-order valence-electron chi connectivity index (χ3n) is 12.9. The second-order valence-electron chi connectivity index (χ2n) is 16.7. The van der Waals surface area contributed by atoms with Crippen molar-refractivity contribution in [3.05, 3.63) is 166 Å². The predicted octanol–water partition coefficient (Wildman–Crippen LogP) is 8.03. The second kappa shape index (κ2) is 11.1. The average molecular weight is 672 g/mol. The van der Waals surface area contributed by atoms with Gasteiger partial charge < -0.3 is 0 Å². The minimum Gasteiger partial charge on any atom is -0.0889 e. The molecule has 0 amide bonds. The van der Waals surface area contributed by atoms with Crippen molar-refractivity contribution in [1.82, 2.24) is 0 Å². The van der Waals surface area contributed by atoms with Crippen molar-refractivity contribution < 1.29 is 0 Å². The third-order valence-corrected chi connectivity index (χ3v) is 15.7. The Morgan fingerprint density at radius 1 is 0.647 bits per heavy atom. The van der Waals surface area contributed by atoms with Crippen molar-refractivity contribution in [2.75, 3.05) is 0 Å². The van der Waals surface area contributed by atoms with Crippen LogP contribution in [0, 0.1) is 5.92 Å². The monoisotopic (exact) mass is 672 g/mol. The van der Waals surface area contributed by atoms with Gasteiger partial charge in [0.1, 0.15) is 15.7 Å². The molecule has 51 heavy (non-hydrogen) atoms. The summed E-state index contributed by atoms with van der Waals surface area (Å²) in [6.45, 7) is 9.63. The molecule has 0 saturated carbocycles. The Morgan fingerprint density at radius 3 is 2.10 bits per heavy atom. The van der Waals surface area contributed by atoms with Crippen LogP contribution in [0.5, 0.6) is 0 Å². The van der Waals surface area contributed by atoms with Gasteiger partial charge in [0.2, 0.25) is 0 Å². The molecule has 0 N–H and O–H groups in total. The fourth-order valence-electron chi connectivity index (χ4n) is 10.3. The molecule has 0 fully saturated rings. The molecule has 10 rings (SSSR count). The van der Waals surface area contributed by atoms with Crippen LogP contribution >= 0.6 is 7.92 Å². The summed E-state index contributed by atoms with van der Waals surface area (Å²) >= 11 is 0. The molecule has 0 radical (unpaired) electrons. The molecule has 1 heterocycles. The van der Waals surface area contributed by atoms with Gasteiger partial charge in [0, 0.05) is 22.4 Å². The molecular weight excluding hydrogens is 629 g/mol. The normalized spacial score (nSPS) is 22.7. The van der Waals surface area contributed by atoms with Crippen LogP contribution in [-0.4, -0.2) is 21.4 Å². The molecule has 5 aromatic carbocycles. The molecule has 3 heteroatoms. The van der Waals surface area contributed by atoms with Crippen LogP contribution in [0.3, 0.4) is 0 Å². The van der Waals surface area contributed by atoms with Crippen molar-refractivity contribution in [2.45, 2.75) is 57.0 Å². The van der Waals surface area contributed by atoms with Crippen LogP contribution in [0.1, 0.15) is 68.4 Å². The van der Waals surface area contributed by atoms with Gasteiger partial charge in [0.15, 0.2) is 0 Å². The van der Waals surface area contributed by atoms with E-state index in [0.29, 0.717) is 11.6 Å². The maximum atomic E-state index is 2.62. The van der Waals surface area contributed by atoms with Crippen LogP contribution in [0.4, 0.5) is 0 Å². The molecule has 0 nitrogen and oxygen atoms in total. The van der Waals surface area contributed by atoms with E-state index in [4.69, 9.17) is 0 Å². The quantitative estimate of drug-likeness (QED) is 0.135. The first-order valence-corrected chi connectivity index (χ1v) is 20.2. The Morgan fingerprint density at radius 2 is 1.31 bits per heavy atom. The van der Waals surface area contributed by atoms with Gasteiger partial charge in [0.05, 0.1) is 0 Å². The van der Waals surface area contributed by atoms with E-state index in [-0.39, 0.29) is 10.8 Å². The van der Waals surface area contributed by atoms with Crippen molar-refractivity contribution in [3.63, 3.8) is 0 Å². The summed E-state index contributed by atoms with van der Waals surface area (Å²) in [6, 6.07) is 40.0. The van der Waals surface area contributed by atoms with Gasteiger partial charge in [-0.15, -0.1) is 0 Å². The van der Waals surface area contributed by atoms with Crippen molar-refractivity contribution in [2.24, 2.45) is 5.92 Å². The average Bonchev–Trinajstić information content (AvgIpc) is 3.67. The smallest absolute Gasteiger partial charge is 0.0889 e. The van der Waals surface area contributed by atoms with E-state index in [1.807, 2.05) is 0 Å². The molecule has 0 spiro atoms. The summed E-state index contributed by atoms with van der Waals surface area (Å²) in [6.07, 6.45) is 12.4. The highest BCUT2D eigenvalue weighted by molar-refractivity contribution is 7.75. The molecule has 246 valence electrons. The van der Waals surface area contributed by atoms with Gasteiger partial charge in [0.25, 0.3) is 0 Å². The topological polar surface area (TPSA) is 0 Å². The summed E-state index contributed by atoms with van der Waals surface area (Å²) in [5, 5.41) is 3.08. The maximum Gasteiger partial charge on any atom is 0.139 e. The lowest BCUT2D eigenvalue weighted by molar-refractivity contribution is 0.576. The predicted molar refractivity (Wildman–Crippen MR) is 227 cm³/mol. The van der Waals surface area contributed by atoms with E-state index in [1.165, 1.54) is 77.4 Å². The SMILES string of the molecule is Bc1cc(B)cc(P2c3ccc(-c4ccc5c(c4)C(C)(C)c4ccccc4-5)cc3C3=CC(C4C=CC5=C(C4)C(C)(C)c4ccccc45)=CCC32)c1. The van der Waals surface area contributed by atoms with Gasteiger partial charge in [-0.25, -0.2) is 0 Å². The third kappa shape index (κ3) is 4.58. The van der Waals surface area contributed by atoms with Gasteiger partial charge in [-0.05, 0) is 110 Å². The minimum absolute atomic E-state index is 0.00915. The zero-order valence-electron chi connectivity index (χ0n) is 30.6. The van der Waals surface area contributed by atoms with Crippen molar-refractivity contribution in [1.29, 1.82) is 0 Å². The Balaban J connectivity index is 1.06. The Kier molecular flexibility index (Phi) is 6.80. The highest BCUT2D eigenvalue weighted by Gasteiger charge is 2.42. The number of benzene rings is 5. The van der Waals surface area contributed by atoms with Gasteiger partial charge in [-0.1, -0.05) is 159 Å². The van der Waals surface area contributed by atoms with Crippen molar-refractivity contribution in [3.8, 4) is 22.3 Å². The number of hydrogen-bond acceptors (Lipinski definition) is 0. The highest BCUT2D eigenvalue weighted by atomic mass is 31.1. The molecular formula is C48H43B2P. The molecule has 4 aliphatic carbocycles. The van der Waals surface area contributed by atoms with Crippen molar-refractivity contribution >= 4 is 56.3 Å². The first-order valence-electron chi connectivity index (χ1n) is 18.8. The van der Waals surface area contributed by atoms with Gasteiger partial charge in [-0.3, -0.25) is 0 Å². The Labute approximate surface area is 306 Å². The molecule has 3 atom stereocenters. The zero-order valence-corrected chi connectivity index (χ0v) is 31.5. The van der Waals surface area contributed by atoms with Crippen LogP contribution < -0.4 is 21.5 Å². The molecule has 0 aromatic heterocycles. The first-order chi connectivity index (χ1) is 24.6. The first kappa shape index (κ1) is 31.4. The minimum atomic E-state index is -0.511. The lowest BCUT2D eigenvalue weighted by atomic mass is 9.74. The number of fused-ring (bicyclic) bond motifs is 8. The summed E-state index contributed by atoms with van der Waals surface area (Å²) in [7, 11) is 4.01. The molecule has 5 aliphatic rings. The highest BCUT2D eigenvalue weighted by Crippen LogP contribution is 2.58. The Hall–Kier alpha value is -4.38. The molecule has 3 unspecified atom stereocenters. The summed E-state index contributed by atoms with van der Waals surface area (Å²) in [4.78, 5) is 0. The summed E-state index contributed by atoms with van der Waals surface area (Å²) in [5.41, 5.74) is 22.1. The fourth-order valence-corrected chi connectivity index (χ4v) is 13.5. The standard InChI is InChI=1S/C48H43B2P/c1-47(2)41-11-7-5-9-35(41)37-17-13-30(23-43(37)47)28-15-19-45-39(21-28)40-22-29(16-20-46(40)51(45)34-26-32(49)25-33(50)27-34)31-14-18-38-36-10-6-8-12-42(36)48(3,4)44(38)24-31/h5-19,21-23,25-27,31,46H,20,24,49-50H2,1-4H3. The van der Waals surface area contributed by atoms with E-state index < -0.39 is 7.92 Å². The fraction of sp³-hybridized carbons (Fsp3) is 0.208. The van der Waals surface area contributed by atoms with Crippen LogP contribution in [0.25, 0.3) is 33.4 Å². The van der Waals surface area contributed by atoms with E-state index in [9.17, 15) is 0 Å². The zero-order chi connectivity index (χ0) is 34.8. The maximum absolute atomic E-state index is 2.62. The number of allylic oxidation sites excluding steroid dienone is 8.